The molecule has 0 atom stereocenters. The van der Waals surface area contributed by atoms with E-state index in [0.717, 1.165) is 33.4 Å². The maximum Gasteiger partial charge on any atom is 0.278 e. The van der Waals surface area contributed by atoms with Crippen LogP contribution in [0.15, 0.2) is 66.4 Å². The number of aryl methyl sites for hydroxylation is 4. The first-order valence-electron chi connectivity index (χ1n) is 10.5. The van der Waals surface area contributed by atoms with Gasteiger partial charge in [0.05, 0.1) is 12.1 Å². The molecule has 1 heterocycles. The zero-order valence-electron chi connectivity index (χ0n) is 18.6. The van der Waals surface area contributed by atoms with Crippen LogP contribution in [0.1, 0.15) is 33.4 Å². The summed E-state index contributed by atoms with van der Waals surface area (Å²) in [4.78, 5) is 28.3. The molecule has 3 aromatic carbocycles. The Morgan fingerprint density at radius 3 is 2.12 bits per heavy atom. The number of nitrogens with zero attached hydrogens (tertiary/aromatic N) is 1. The Hall–Kier alpha value is -3.37. The summed E-state index contributed by atoms with van der Waals surface area (Å²) < 4.78 is 0. The summed E-state index contributed by atoms with van der Waals surface area (Å²) in [7, 11) is 0. The number of benzene rings is 3. The smallest absolute Gasteiger partial charge is 0.278 e. The molecule has 5 heteroatoms. The zero-order chi connectivity index (χ0) is 23.0. The molecule has 0 aromatic heterocycles. The molecule has 1 aliphatic heterocycles. The fourth-order valence-corrected chi connectivity index (χ4v) is 4.05. The zero-order valence-corrected chi connectivity index (χ0v) is 19.4. The molecule has 0 spiro atoms. The van der Waals surface area contributed by atoms with Gasteiger partial charge in [0.15, 0.2) is 0 Å². The second kappa shape index (κ2) is 8.64. The quantitative estimate of drug-likeness (QED) is 0.493. The van der Waals surface area contributed by atoms with E-state index in [-0.39, 0.29) is 24.1 Å². The van der Waals surface area contributed by atoms with Gasteiger partial charge in [0.25, 0.3) is 11.8 Å². The van der Waals surface area contributed by atoms with E-state index in [0.29, 0.717) is 16.3 Å². The predicted molar refractivity (Wildman–Crippen MR) is 129 cm³/mol. The third kappa shape index (κ3) is 4.19. The number of carbonyl (C=O) groups excluding carboxylic acids is 2. The van der Waals surface area contributed by atoms with Crippen LogP contribution in [-0.4, -0.2) is 16.7 Å². The largest absolute Gasteiger partial charge is 0.350 e. The van der Waals surface area contributed by atoms with Crippen molar-refractivity contribution in [3.8, 4) is 0 Å². The number of anilines is 1. The highest BCUT2D eigenvalue weighted by Gasteiger charge is 2.39. The van der Waals surface area contributed by atoms with Gasteiger partial charge in [-0.3, -0.25) is 14.5 Å². The highest BCUT2D eigenvalue weighted by Crippen LogP contribution is 2.34. The lowest BCUT2D eigenvalue weighted by Crippen LogP contribution is -2.32. The van der Waals surface area contributed by atoms with Gasteiger partial charge in [0.1, 0.15) is 5.70 Å². The van der Waals surface area contributed by atoms with Crippen molar-refractivity contribution in [1.29, 1.82) is 0 Å². The molecule has 0 saturated heterocycles. The number of halogens is 1. The van der Waals surface area contributed by atoms with Crippen LogP contribution in [0, 0.1) is 27.7 Å². The van der Waals surface area contributed by atoms with Gasteiger partial charge in [-0.05, 0) is 62.1 Å². The van der Waals surface area contributed by atoms with Crippen molar-refractivity contribution in [2.45, 2.75) is 34.2 Å². The standard InChI is InChI=1S/C27H25ClN2O2/c1-16-5-9-20(10-6-16)15-30-26(31)24(22-12-7-17(2)13-19(22)4)25(27(30)32)29-21-11-8-18(3)23(28)14-21/h5-14,29H,15H2,1-4H3. The Labute approximate surface area is 193 Å². The number of rotatable bonds is 5. The molecule has 32 heavy (non-hydrogen) atoms. The summed E-state index contributed by atoms with van der Waals surface area (Å²) in [6.45, 7) is 8.09. The molecular formula is C27H25ClN2O2. The predicted octanol–water partition coefficient (Wildman–Crippen LogP) is 5.97. The Morgan fingerprint density at radius 1 is 0.781 bits per heavy atom. The average Bonchev–Trinajstić information content (AvgIpc) is 2.97. The lowest BCUT2D eigenvalue weighted by atomic mass is 9.97. The molecule has 0 saturated carbocycles. The summed E-state index contributed by atoms with van der Waals surface area (Å²) in [5.74, 6) is -0.648. The summed E-state index contributed by atoms with van der Waals surface area (Å²) in [5.41, 5.74) is 7.08. The van der Waals surface area contributed by atoms with Gasteiger partial charge >= 0.3 is 0 Å². The summed E-state index contributed by atoms with van der Waals surface area (Å²) >= 11 is 6.29. The van der Waals surface area contributed by atoms with Crippen molar-refractivity contribution in [3.05, 3.63) is 105 Å². The number of hydrogen-bond donors (Lipinski definition) is 1. The van der Waals surface area contributed by atoms with Crippen molar-refractivity contribution in [2.24, 2.45) is 0 Å². The summed E-state index contributed by atoms with van der Waals surface area (Å²) in [6.07, 6.45) is 0. The minimum Gasteiger partial charge on any atom is -0.350 e. The molecule has 3 aromatic rings. The second-order valence-electron chi connectivity index (χ2n) is 8.34. The lowest BCUT2D eigenvalue weighted by molar-refractivity contribution is -0.137. The van der Waals surface area contributed by atoms with Gasteiger partial charge < -0.3 is 5.32 Å². The van der Waals surface area contributed by atoms with E-state index in [1.165, 1.54) is 4.90 Å². The van der Waals surface area contributed by atoms with Crippen molar-refractivity contribution >= 4 is 34.7 Å². The van der Waals surface area contributed by atoms with Crippen LogP contribution in [0.5, 0.6) is 0 Å². The summed E-state index contributed by atoms with van der Waals surface area (Å²) in [5, 5.41) is 3.78. The van der Waals surface area contributed by atoms with Gasteiger partial charge in [0, 0.05) is 10.7 Å². The number of imide groups is 1. The fraction of sp³-hybridized carbons (Fsp3) is 0.185. The van der Waals surface area contributed by atoms with Crippen LogP contribution in [0.2, 0.25) is 5.02 Å². The second-order valence-corrected chi connectivity index (χ2v) is 8.75. The molecule has 1 N–H and O–H groups in total. The number of nitrogens with one attached hydrogen (secondary N) is 1. The first kappa shape index (κ1) is 21.8. The molecule has 0 aliphatic carbocycles. The van der Waals surface area contributed by atoms with E-state index in [9.17, 15) is 9.59 Å². The van der Waals surface area contributed by atoms with E-state index in [4.69, 9.17) is 11.6 Å². The Balaban J connectivity index is 1.77. The van der Waals surface area contributed by atoms with Crippen molar-refractivity contribution < 1.29 is 9.59 Å². The number of hydrogen-bond acceptors (Lipinski definition) is 3. The Kier molecular flexibility index (Phi) is 5.90. The highest BCUT2D eigenvalue weighted by atomic mass is 35.5. The van der Waals surface area contributed by atoms with E-state index in [1.54, 1.807) is 6.07 Å². The third-order valence-corrected chi connectivity index (χ3v) is 6.13. The summed E-state index contributed by atoms with van der Waals surface area (Å²) in [6, 6.07) is 19.2. The molecule has 0 fully saturated rings. The van der Waals surface area contributed by atoms with E-state index < -0.39 is 0 Å². The molecule has 1 aliphatic rings. The minimum atomic E-state index is -0.345. The van der Waals surface area contributed by atoms with Gasteiger partial charge in [-0.2, -0.15) is 0 Å². The van der Waals surface area contributed by atoms with Gasteiger partial charge in [-0.1, -0.05) is 71.3 Å². The molecular weight excluding hydrogens is 420 g/mol. The molecule has 162 valence electrons. The van der Waals surface area contributed by atoms with Crippen LogP contribution in [0.4, 0.5) is 5.69 Å². The van der Waals surface area contributed by atoms with E-state index in [2.05, 4.69) is 5.32 Å². The minimum absolute atomic E-state index is 0.214. The third-order valence-electron chi connectivity index (χ3n) is 5.72. The molecule has 0 bridgehead atoms. The van der Waals surface area contributed by atoms with Crippen molar-refractivity contribution in [3.63, 3.8) is 0 Å². The Morgan fingerprint density at radius 2 is 1.47 bits per heavy atom. The van der Waals surface area contributed by atoms with Gasteiger partial charge in [-0.15, -0.1) is 0 Å². The van der Waals surface area contributed by atoms with Gasteiger partial charge in [-0.25, -0.2) is 0 Å². The fourth-order valence-electron chi connectivity index (χ4n) is 3.87. The SMILES string of the molecule is Cc1ccc(CN2C(=O)C(Nc3ccc(C)c(Cl)c3)=C(c3ccc(C)cc3C)C2=O)cc1. The monoisotopic (exact) mass is 444 g/mol. The topological polar surface area (TPSA) is 49.4 Å². The molecule has 4 rings (SSSR count). The molecule has 4 nitrogen and oxygen atoms in total. The molecule has 0 unspecified atom stereocenters. The maximum atomic E-state index is 13.5. The first-order chi connectivity index (χ1) is 15.2. The van der Waals surface area contributed by atoms with Crippen LogP contribution in [0.25, 0.3) is 5.57 Å². The van der Waals surface area contributed by atoms with Crippen LogP contribution in [-0.2, 0) is 16.1 Å². The highest BCUT2D eigenvalue weighted by molar-refractivity contribution is 6.37. The average molecular weight is 445 g/mol. The van der Waals surface area contributed by atoms with Crippen molar-refractivity contribution in [2.75, 3.05) is 5.32 Å². The number of amides is 2. The van der Waals surface area contributed by atoms with Crippen LogP contribution >= 0.6 is 11.6 Å². The molecule has 0 radical (unpaired) electrons. The maximum absolute atomic E-state index is 13.5. The van der Waals surface area contributed by atoms with E-state index in [1.807, 2.05) is 82.3 Å². The lowest BCUT2D eigenvalue weighted by Gasteiger charge is -2.16. The first-order valence-corrected chi connectivity index (χ1v) is 10.9. The van der Waals surface area contributed by atoms with Crippen molar-refractivity contribution in [1.82, 2.24) is 4.90 Å². The van der Waals surface area contributed by atoms with E-state index >= 15 is 0 Å². The van der Waals surface area contributed by atoms with Gasteiger partial charge in [0.2, 0.25) is 0 Å². The molecule has 2 amide bonds. The Bertz CT molecular complexity index is 1260. The van der Waals surface area contributed by atoms with Crippen LogP contribution < -0.4 is 5.32 Å². The number of carbonyl (C=O) groups is 2. The van der Waals surface area contributed by atoms with Crippen LogP contribution in [0.3, 0.4) is 0 Å². The normalized spacial score (nSPS) is 13.8.